The van der Waals surface area contributed by atoms with Crippen molar-refractivity contribution in [3.05, 3.63) is 59.3 Å². The molecule has 0 spiro atoms. The van der Waals surface area contributed by atoms with Crippen LogP contribution in [0.3, 0.4) is 0 Å². The number of benzene rings is 1. The molecule has 1 aliphatic carbocycles. The zero-order valence-corrected chi connectivity index (χ0v) is 14.6. The fourth-order valence-corrected chi connectivity index (χ4v) is 3.41. The van der Waals surface area contributed by atoms with Crippen molar-refractivity contribution < 1.29 is 9.18 Å². The van der Waals surface area contributed by atoms with Gasteiger partial charge in [-0.1, -0.05) is 6.42 Å². The third kappa shape index (κ3) is 3.12. The van der Waals surface area contributed by atoms with E-state index < -0.39 is 0 Å². The van der Waals surface area contributed by atoms with Gasteiger partial charge in [-0.2, -0.15) is 10.2 Å². The molecule has 0 fully saturated rings. The molecule has 134 valence electrons. The van der Waals surface area contributed by atoms with Crippen LogP contribution < -0.4 is 5.32 Å². The van der Waals surface area contributed by atoms with Gasteiger partial charge in [-0.3, -0.25) is 9.48 Å². The minimum Gasteiger partial charge on any atom is -0.304 e. The first-order valence-electron chi connectivity index (χ1n) is 8.79. The molecule has 0 bridgehead atoms. The van der Waals surface area contributed by atoms with Gasteiger partial charge in [0.1, 0.15) is 5.82 Å². The Labute approximate surface area is 150 Å². The summed E-state index contributed by atoms with van der Waals surface area (Å²) in [5.41, 5.74) is 3.22. The van der Waals surface area contributed by atoms with Gasteiger partial charge in [0.05, 0.1) is 5.69 Å². The van der Waals surface area contributed by atoms with Crippen LogP contribution in [0.2, 0.25) is 0 Å². The first-order valence-corrected chi connectivity index (χ1v) is 8.79. The molecular formula is C19H20FN5O. The van der Waals surface area contributed by atoms with E-state index in [-0.39, 0.29) is 11.7 Å². The summed E-state index contributed by atoms with van der Waals surface area (Å²) in [5, 5.41) is 11.6. The second-order valence-corrected chi connectivity index (χ2v) is 6.55. The van der Waals surface area contributed by atoms with Crippen LogP contribution in [-0.4, -0.2) is 25.5 Å². The predicted molar refractivity (Wildman–Crippen MR) is 95.9 cm³/mol. The molecule has 0 aliphatic heterocycles. The minimum atomic E-state index is -0.292. The lowest BCUT2D eigenvalue weighted by atomic mass is 10.1. The molecule has 2 aromatic heterocycles. The molecule has 1 aromatic carbocycles. The Kier molecular flexibility index (Phi) is 4.28. The van der Waals surface area contributed by atoms with E-state index in [1.54, 1.807) is 40.8 Å². The molecule has 0 saturated heterocycles. The number of nitrogens with one attached hydrogen (secondary N) is 1. The molecule has 6 nitrogen and oxygen atoms in total. The molecule has 2 heterocycles. The van der Waals surface area contributed by atoms with Crippen LogP contribution >= 0.6 is 0 Å². The van der Waals surface area contributed by atoms with E-state index in [1.807, 2.05) is 0 Å². The average molecular weight is 353 g/mol. The third-order valence-electron chi connectivity index (χ3n) is 4.67. The van der Waals surface area contributed by atoms with Crippen molar-refractivity contribution in [3.63, 3.8) is 0 Å². The Morgan fingerprint density at radius 1 is 1.08 bits per heavy atom. The molecular weight excluding hydrogens is 333 g/mol. The van der Waals surface area contributed by atoms with E-state index in [4.69, 9.17) is 0 Å². The maximum absolute atomic E-state index is 13.3. The van der Waals surface area contributed by atoms with E-state index in [0.717, 1.165) is 49.0 Å². The second-order valence-electron chi connectivity index (χ2n) is 6.55. The Morgan fingerprint density at radius 2 is 1.85 bits per heavy atom. The molecule has 3 aromatic rings. The fourth-order valence-electron chi connectivity index (χ4n) is 3.41. The van der Waals surface area contributed by atoms with Crippen LogP contribution in [0.4, 0.5) is 10.2 Å². The van der Waals surface area contributed by atoms with Gasteiger partial charge in [0.15, 0.2) is 11.5 Å². The first-order chi connectivity index (χ1) is 12.6. The van der Waals surface area contributed by atoms with Crippen molar-refractivity contribution in [3.8, 4) is 5.69 Å². The number of hydrogen-bond donors (Lipinski definition) is 1. The summed E-state index contributed by atoms with van der Waals surface area (Å²) in [7, 11) is 1.80. The van der Waals surface area contributed by atoms with Crippen LogP contribution in [0.15, 0.2) is 36.5 Å². The van der Waals surface area contributed by atoms with Gasteiger partial charge in [-0.25, -0.2) is 9.07 Å². The number of amides is 1. The average Bonchev–Trinajstić information content (AvgIpc) is 3.10. The Hall–Kier alpha value is -2.96. The third-order valence-corrected chi connectivity index (χ3v) is 4.67. The van der Waals surface area contributed by atoms with Crippen LogP contribution in [0, 0.1) is 5.82 Å². The van der Waals surface area contributed by atoms with Gasteiger partial charge in [0, 0.05) is 30.6 Å². The van der Waals surface area contributed by atoms with Crippen molar-refractivity contribution >= 4 is 11.7 Å². The summed E-state index contributed by atoms with van der Waals surface area (Å²) >= 11 is 0. The summed E-state index contributed by atoms with van der Waals surface area (Å²) in [6, 6.07) is 7.94. The van der Waals surface area contributed by atoms with E-state index in [1.165, 1.54) is 12.1 Å². The van der Waals surface area contributed by atoms with Crippen molar-refractivity contribution in [1.29, 1.82) is 0 Å². The highest BCUT2D eigenvalue weighted by molar-refractivity contribution is 6.03. The summed E-state index contributed by atoms with van der Waals surface area (Å²) in [5.74, 6) is -0.0565. The van der Waals surface area contributed by atoms with Gasteiger partial charge in [0.2, 0.25) is 0 Å². The lowest BCUT2D eigenvalue weighted by molar-refractivity contribution is 0.102. The molecule has 1 amide bonds. The quantitative estimate of drug-likeness (QED) is 0.735. The molecule has 1 aliphatic rings. The van der Waals surface area contributed by atoms with Gasteiger partial charge in [-0.05, 0) is 49.9 Å². The molecule has 26 heavy (non-hydrogen) atoms. The number of rotatable bonds is 3. The zero-order chi connectivity index (χ0) is 18.1. The van der Waals surface area contributed by atoms with Crippen LogP contribution in [-0.2, 0) is 19.9 Å². The van der Waals surface area contributed by atoms with Gasteiger partial charge in [0.25, 0.3) is 5.91 Å². The molecule has 4 rings (SSSR count). The normalized spacial score (nSPS) is 13.9. The van der Waals surface area contributed by atoms with Crippen molar-refractivity contribution in [2.75, 3.05) is 5.32 Å². The maximum Gasteiger partial charge on any atom is 0.277 e. The highest BCUT2D eigenvalue weighted by Crippen LogP contribution is 2.27. The Balaban J connectivity index is 1.74. The van der Waals surface area contributed by atoms with Crippen molar-refractivity contribution in [2.24, 2.45) is 7.05 Å². The summed E-state index contributed by atoms with van der Waals surface area (Å²) in [4.78, 5) is 12.8. The first kappa shape index (κ1) is 16.5. The van der Waals surface area contributed by atoms with Gasteiger partial charge < -0.3 is 5.32 Å². The van der Waals surface area contributed by atoms with Crippen LogP contribution in [0.25, 0.3) is 5.69 Å². The number of aryl methyl sites for hydroxylation is 1. The topological polar surface area (TPSA) is 64.7 Å². The predicted octanol–water partition coefficient (Wildman–Crippen LogP) is 3.27. The lowest BCUT2D eigenvalue weighted by Crippen LogP contribution is -2.15. The lowest BCUT2D eigenvalue weighted by Gasteiger charge is -2.07. The van der Waals surface area contributed by atoms with Crippen molar-refractivity contribution in [1.82, 2.24) is 19.6 Å². The molecule has 0 unspecified atom stereocenters. The minimum absolute atomic E-state index is 0.261. The summed E-state index contributed by atoms with van der Waals surface area (Å²) in [6.07, 6.45) is 6.66. The number of fused-ring (bicyclic) bond motifs is 1. The highest BCUT2D eigenvalue weighted by Gasteiger charge is 2.25. The zero-order valence-electron chi connectivity index (χ0n) is 14.6. The number of carbonyl (C=O) groups is 1. The van der Waals surface area contributed by atoms with E-state index >= 15 is 0 Å². The number of halogens is 1. The molecule has 0 saturated carbocycles. The standard InChI is InChI=1S/C19H20FN5O/c1-24-12-11-17(22-24)21-19(26)18-15-5-3-2-4-6-16(15)25(23-18)14-9-7-13(20)8-10-14/h7-12H,2-6H2,1H3,(H,21,22,26). The number of nitrogens with zero attached hydrogens (tertiary/aromatic N) is 4. The number of hydrogen-bond acceptors (Lipinski definition) is 3. The van der Waals surface area contributed by atoms with E-state index in [0.29, 0.717) is 11.5 Å². The molecule has 7 heteroatoms. The maximum atomic E-state index is 13.3. The van der Waals surface area contributed by atoms with E-state index in [2.05, 4.69) is 15.5 Å². The number of aromatic nitrogens is 4. The number of carbonyl (C=O) groups excluding carboxylic acids is 1. The summed E-state index contributed by atoms with van der Waals surface area (Å²) in [6.45, 7) is 0. The molecule has 1 N–H and O–H groups in total. The Morgan fingerprint density at radius 3 is 2.58 bits per heavy atom. The van der Waals surface area contributed by atoms with Crippen LogP contribution in [0.1, 0.15) is 41.0 Å². The number of anilines is 1. The molecule has 0 radical (unpaired) electrons. The monoisotopic (exact) mass is 353 g/mol. The van der Waals surface area contributed by atoms with Gasteiger partial charge in [-0.15, -0.1) is 0 Å². The van der Waals surface area contributed by atoms with Crippen molar-refractivity contribution in [2.45, 2.75) is 32.1 Å². The Bertz CT molecular complexity index is 941. The van der Waals surface area contributed by atoms with Crippen LogP contribution in [0.5, 0.6) is 0 Å². The van der Waals surface area contributed by atoms with E-state index in [9.17, 15) is 9.18 Å². The smallest absolute Gasteiger partial charge is 0.277 e. The second kappa shape index (κ2) is 6.74. The fraction of sp³-hybridized carbons (Fsp3) is 0.316. The summed E-state index contributed by atoms with van der Waals surface area (Å²) < 4.78 is 16.7. The SMILES string of the molecule is Cn1ccc(NC(=O)c2nn(-c3ccc(F)cc3)c3c2CCCCC3)n1. The van der Waals surface area contributed by atoms with Gasteiger partial charge >= 0.3 is 0 Å². The largest absolute Gasteiger partial charge is 0.304 e. The highest BCUT2D eigenvalue weighted by atomic mass is 19.1. The molecule has 0 atom stereocenters.